The van der Waals surface area contributed by atoms with Crippen LogP contribution in [-0.4, -0.2) is 83.7 Å². The molecule has 1 amide bonds. The van der Waals surface area contributed by atoms with Gasteiger partial charge in [-0.15, -0.1) is 0 Å². The molecule has 2 aromatic carbocycles. The van der Waals surface area contributed by atoms with E-state index in [1.807, 2.05) is 35.2 Å². The molecule has 0 unspecified atom stereocenters. The molecule has 46 heavy (non-hydrogen) atoms. The molecule has 2 N–H and O–H groups in total. The predicted molar refractivity (Wildman–Crippen MR) is 186 cm³/mol. The Bertz CT molecular complexity index is 1840. The molecule has 12 nitrogen and oxygen atoms in total. The molecule has 0 aliphatic carbocycles. The summed E-state index contributed by atoms with van der Waals surface area (Å²) in [5.41, 5.74) is 4.49. The fourth-order valence-electron chi connectivity index (χ4n) is 6.04. The number of benzene rings is 2. The zero-order valence-corrected chi connectivity index (χ0v) is 28.5. The third-order valence-corrected chi connectivity index (χ3v) is 10.3. The number of anilines is 5. The molecule has 14 heteroatoms. The Morgan fingerprint density at radius 2 is 1.87 bits per heavy atom. The molecule has 0 atom stereocenters. The third kappa shape index (κ3) is 6.52. The number of aromatic nitrogens is 4. The Morgan fingerprint density at radius 3 is 2.59 bits per heavy atom. The van der Waals surface area contributed by atoms with Crippen molar-refractivity contribution in [3.8, 4) is 5.75 Å². The fraction of sp³-hybridized carbons (Fsp3) is 0.344. The van der Waals surface area contributed by atoms with Crippen LogP contribution in [0.25, 0.3) is 17.1 Å². The molecule has 0 radical (unpaired) electrons. The minimum Gasteiger partial charge on any atom is -0.494 e. The fourth-order valence-corrected chi connectivity index (χ4v) is 7.72. The van der Waals surface area contributed by atoms with Gasteiger partial charge in [-0.2, -0.15) is 4.98 Å². The molecule has 0 bridgehead atoms. The van der Waals surface area contributed by atoms with Crippen molar-refractivity contribution in [2.75, 3.05) is 62.2 Å². The normalized spacial score (nSPS) is 15.9. The summed E-state index contributed by atoms with van der Waals surface area (Å²) in [6.45, 7) is 10.3. The molecule has 0 spiro atoms. The maximum absolute atomic E-state index is 13.4. The summed E-state index contributed by atoms with van der Waals surface area (Å²) in [6, 6.07) is 7.82. The van der Waals surface area contributed by atoms with E-state index in [1.54, 1.807) is 39.0 Å². The molecule has 2 fully saturated rings. The van der Waals surface area contributed by atoms with Crippen molar-refractivity contribution in [1.29, 1.82) is 0 Å². The molecule has 2 aliphatic heterocycles. The van der Waals surface area contributed by atoms with Gasteiger partial charge in [-0.25, -0.2) is 9.78 Å². The van der Waals surface area contributed by atoms with Crippen LogP contribution in [0.2, 0.25) is 0 Å². The van der Waals surface area contributed by atoms with E-state index >= 15 is 0 Å². The van der Waals surface area contributed by atoms with Gasteiger partial charge in [0.25, 0.3) is 0 Å². The van der Waals surface area contributed by atoms with Gasteiger partial charge in [-0.05, 0) is 72.3 Å². The Labute approximate surface area is 276 Å². The summed E-state index contributed by atoms with van der Waals surface area (Å²) in [4.78, 5) is 34.5. The van der Waals surface area contributed by atoms with E-state index in [-0.39, 0.29) is 12.1 Å². The van der Waals surface area contributed by atoms with Crippen molar-refractivity contribution in [3.05, 3.63) is 59.5 Å². The standard InChI is InChI=1S/C32H36BrN8O4P/c1-5-20-17-25(27(44-2)18-26(20)40-14-9-21(10-15-40)41-13-6-16-45-32(41)42)38-31-36-19-22(33)30(39-31)37-24-8-7-23-28(35-12-11-34-23)29(24)46(3,4)43/h5,7-8,11-12,17-19,21H,1,6,9-10,13-16H2,2-4H3,(H2,36,37,38,39). The van der Waals surface area contributed by atoms with Crippen molar-refractivity contribution < 1.29 is 18.8 Å². The van der Waals surface area contributed by atoms with Crippen LogP contribution in [0.1, 0.15) is 24.8 Å². The zero-order valence-electron chi connectivity index (χ0n) is 26.0. The van der Waals surface area contributed by atoms with Crippen molar-refractivity contribution in [3.63, 3.8) is 0 Å². The van der Waals surface area contributed by atoms with Gasteiger partial charge in [-0.3, -0.25) is 9.97 Å². The Hall–Kier alpha value is -4.22. The lowest BCUT2D eigenvalue weighted by molar-refractivity contribution is 0.0499. The van der Waals surface area contributed by atoms with Crippen molar-refractivity contribution in [2.24, 2.45) is 0 Å². The second kappa shape index (κ2) is 13.3. The Morgan fingerprint density at radius 1 is 1.09 bits per heavy atom. The number of methoxy groups -OCH3 is 1. The first-order chi connectivity index (χ1) is 22.2. The summed E-state index contributed by atoms with van der Waals surface area (Å²) in [7, 11) is -1.14. The number of nitrogens with one attached hydrogen (secondary N) is 2. The number of carbonyl (C=O) groups excluding carboxylic acids is 1. The van der Waals surface area contributed by atoms with Crippen LogP contribution in [0.15, 0.2) is 53.9 Å². The van der Waals surface area contributed by atoms with Crippen LogP contribution in [0.3, 0.4) is 0 Å². The Balaban J connectivity index is 1.24. The smallest absolute Gasteiger partial charge is 0.410 e. The van der Waals surface area contributed by atoms with Gasteiger partial charge in [-0.1, -0.05) is 12.7 Å². The summed E-state index contributed by atoms with van der Waals surface area (Å²) < 4.78 is 25.1. The first kappa shape index (κ1) is 31.7. The van der Waals surface area contributed by atoms with E-state index in [2.05, 4.69) is 53.0 Å². The number of carbonyl (C=O) groups is 1. The highest BCUT2D eigenvalue weighted by Crippen LogP contribution is 2.42. The SMILES string of the molecule is C=Cc1cc(Nc2ncc(Br)c(Nc3ccc4nccnc4c3P(C)(C)=O)n2)c(OC)cc1N1CCC(N2CCCOC2=O)CC1. The van der Waals surface area contributed by atoms with E-state index in [0.717, 1.165) is 50.1 Å². The maximum atomic E-state index is 13.4. The number of nitrogens with zero attached hydrogens (tertiary/aromatic N) is 6. The molecule has 240 valence electrons. The average molecular weight is 708 g/mol. The number of halogens is 1. The summed E-state index contributed by atoms with van der Waals surface area (Å²) in [5, 5.41) is 7.24. The van der Waals surface area contributed by atoms with Crippen molar-refractivity contribution >= 4 is 80.4 Å². The molecule has 4 heterocycles. The van der Waals surface area contributed by atoms with E-state index in [4.69, 9.17) is 14.5 Å². The molecule has 2 aromatic heterocycles. The minimum absolute atomic E-state index is 0.177. The highest BCUT2D eigenvalue weighted by Gasteiger charge is 2.31. The number of rotatable bonds is 9. The van der Waals surface area contributed by atoms with Gasteiger partial charge in [0.05, 0.1) is 40.4 Å². The van der Waals surface area contributed by atoms with E-state index in [1.165, 1.54) is 0 Å². The molecule has 2 saturated heterocycles. The van der Waals surface area contributed by atoms with Gasteiger partial charge < -0.3 is 34.5 Å². The van der Waals surface area contributed by atoms with Gasteiger partial charge in [0.1, 0.15) is 24.2 Å². The third-order valence-electron chi connectivity index (χ3n) is 8.21. The van der Waals surface area contributed by atoms with Crippen LogP contribution in [0.4, 0.5) is 33.6 Å². The van der Waals surface area contributed by atoms with Crippen LogP contribution in [-0.2, 0) is 9.30 Å². The molecule has 4 aromatic rings. The molecule has 6 rings (SSSR count). The second-order valence-corrected chi connectivity index (χ2v) is 15.6. The number of hydrogen-bond acceptors (Lipinski definition) is 11. The highest BCUT2D eigenvalue weighted by atomic mass is 79.9. The molecular weight excluding hydrogens is 671 g/mol. The zero-order chi connectivity index (χ0) is 32.4. The first-order valence-corrected chi connectivity index (χ1v) is 18.4. The number of amides is 1. The van der Waals surface area contributed by atoms with Crippen molar-refractivity contribution in [1.82, 2.24) is 24.8 Å². The number of piperidine rings is 1. The maximum Gasteiger partial charge on any atom is 0.410 e. The molecular formula is C32H36BrN8O4P. The van der Waals surface area contributed by atoms with Crippen LogP contribution in [0, 0.1) is 0 Å². The number of cyclic esters (lactones) is 1. The minimum atomic E-state index is -2.76. The highest BCUT2D eigenvalue weighted by molar-refractivity contribution is 9.10. The first-order valence-electron chi connectivity index (χ1n) is 15.0. The lowest BCUT2D eigenvalue weighted by atomic mass is 10.0. The lowest BCUT2D eigenvalue weighted by Gasteiger charge is -2.40. The molecule has 0 saturated carbocycles. The quantitative estimate of drug-likeness (QED) is 0.188. The van der Waals surface area contributed by atoms with Crippen LogP contribution >= 0.6 is 23.1 Å². The van der Waals surface area contributed by atoms with Gasteiger partial charge >= 0.3 is 6.09 Å². The second-order valence-electron chi connectivity index (χ2n) is 11.6. The monoisotopic (exact) mass is 706 g/mol. The van der Waals surface area contributed by atoms with E-state index < -0.39 is 7.14 Å². The number of hydrogen-bond donors (Lipinski definition) is 2. The summed E-state index contributed by atoms with van der Waals surface area (Å²) in [6.07, 6.45) is 9.06. The van der Waals surface area contributed by atoms with Crippen LogP contribution < -0.4 is 25.6 Å². The lowest BCUT2D eigenvalue weighted by Crippen LogP contribution is -2.50. The summed E-state index contributed by atoms with van der Waals surface area (Å²) in [5.74, 6) is 1.44. The number of ether oxygens (including phenoxy) is 2. The largest absolute Gasteiger partial charge is 0.494 e. The van der Waals surface area contributed by atoms with E-state index in [0.29, 0.717) is 56.3 Å². The molecule has 2 aliphatic rings. The average Bonchev–Trinajstić information content (AvgIpc) is 3.05. The van der Waals surface area contributed by atoms with E-state index in [9.17, 15) is 9.36 Å². The topological polar surface area (TPSA) is 135 Å². The van der Waals surface area contributed by atoms with Crippen LogP contribution in [0.5, 0.6) is 5.75 Å². The van der Waals surface area contributed by atoms with Crippen molar-refractivity contribution in [2.45, 2.75) is 25.3 Å². The van der Waals surface area contributed by atoms with Gasteiger partial charge in [0.2, 0.25) is 5.95 Å². The van der Waals surface area contributed by atoms with Gasteiger partial charge in [0, 0.05) is 56.0 Å². The summed E-state index contributed by atoms with van der Waals surface area (Å²) >= 11 is 3.55. The predicted octanol–water partition coefficient (Wildman–Crippen LogP) is 6.38. The number of fused-ring (bicyclic) bond motifs is 1. The van der Waals surface area contributed by atoms with Gasteiger partial charge in [0.15, 0.2) is 0 Å². The Kier molecular flexibility index (Phi) is 9.15.